The number of benzene rings is 2. The minimum atomic E-state index is -0.196. The van der Waals surface area contributed by atoms with Crippen molar-refractivity contribution in [3.8, 4) is 11.1 Å². The fraction of sp³-hybridized carbons (Fsp3) is 0. The lowest BCUT2D eigenvalue weighted by atomic mass is 10.00. The zero-order valence-electron chi connectivity index (χ0n) is 9.03. The average Bonchev–Trinajstić information content (AvgIpc) is 2.69. The molecule has 1 heterocycles. The molecule has 2 aromatic carbocycles. The van der Waals surface area contributed by atoms with Gasteiger partial charge >= 0.3 is 0 Å². The molecular weight excluding hydrogens is 214 g/mol. The Morgan fingerprint density at radius 1 is 0.941 bits per heavy atom. The molecule has 17 heavy (non-hydrogen) atoms. The molecule has 0 bridgehead atoms. The second kappa shape index (κ2) is 3.52. The molecule has 4 nitrogen and oxygen atoms in total. The van der Waals surface area contributed by atoms with Crippen molar-refractivity contribution in [2.45, 2.75) is 0 Å². The normalized spacial score (nSPS) is 10.8. The Hall–Kier alpha value is -2.49. The SMILES string of the molecule is Nc1[nH][nH]c(=O)c1-c1cccc2ccccc12. The van der Waals surface area contributed by atoms with Gasteiger partial charge in [0.15, 0.2) is 0 Å². The first-order valence-corrected chi connectivity index (χ1v) is 5.31. The fourth-order valence-corrected chi connectivity index (χ4v) is 2.08. The molecule has 0 aliphatic heterocycles. The van der Waals surface area contributed by atoms with Gasteiger partial charge in [0, 0.05) is 0 Å². The van der Waals surface area contributed by atoms with Gasteiger partial charge in [-0.1, -0.05) is 42.5 Å². The van der Waals surface area contributed by atoms with Crippen LogP contribution in [0.4, 0.5) is 5.82 Å². The molecule has 0 aliphatic carbocycles. The maximum absolute atomic E-state index is 11.7. The molecule has 4 heteroatoms. The van der Waals surface area contributed by atoms with Gasteiger partial charge in [-0.2, -0.15) is 0 Å². The summed E-state index contributed by atoms with van der Waals surface area (Å²) in [4.78, 5) is 11.7. The third-order valence-corrected chi connectivity index (χ3v) is 2.87. The molecule has 0 saturated carbocycles. The van der Waals surface area contributed by atoms with Gasteiger partial charge in [0.05, 0.1) is 5.56 Å². The van der Waals surface area contributed by atoms with Gasteiger partial charge in [-0.3, -0.25) is 15.0 Å². The van der Waals surface area contributed by atoms with Crippen LogP contribution in [0.5, 0.6) is 0 Å². The molecule has 4 N–H and O–H groups in total. The number of aromatic nitrogens is 2. The topological polar surface area (TPSA) is 74.7 Å². The summed E-state index contributed by atoms with van der Waals surface area (Å²) in [6, 6.07) is 13.7. The van der Waals surface area contributed by atoms with E-state index in [4.69, 9.17) is 5.73 Å². The molecule has 0 spiro atoms. The van der Waals surface area contributed by atoms with E-state index >= 15 is 0 Å². The van der Waals surface area contributed by atoms with Gasteiger partial charge in [-0.05, 0) is 16.3 Å². The highest BCUT2D eigenvalue weighted by molar-refractivity contribution is 5.98. The highest BCUT2D eigenvalue weighted by Crippen LogP contribution is 2.28. The van der Waals surface area contributed by atoms with E-state index < -0.39 is 0 Å². The summed E-state index contributed by atoms with van der Waals surface area (Å²) < 4.78 is 0. The molecule has 0 amide bonds. The molecular formula is C13H11N3O. The number of aromatic amines is 2. The van der Waals surface area contributed by atoms with Crippen LogP contribution in [-0.4, -0.2) is 10.2 Å². The smallest absolute Gasteiger partial charge is 0.274 e. The predicted molar refractivity (Wildman–Crippen MR) is 68.8 cm³/mol. The van der Waals surface area contributed by atoms with Crippen molar-refractivity contribution in [1.82, 2.24) is 10.2 Å². The summed E-state index contributed by atoms with van der Waals surface area (Å²) in [5, 5.41) is 7.24. The average molecular weight is 225 g/mol. The zero-order chi connectivity index (χ0) is 11.8. The Bertz CT molecular complexity index is 734. The molecule has 0 radical (unpaired) electrons. The Kier molecular flexibility index (Phi) is 2.01. The summed E-state index contributed by atoms with van der Waals surface area (Å²) in [5.41, 5.74) is 6.93. The highest BCUT2D eigenvalue weighted by Gasteiger charge is 2.12. The van der Waals surface area contributed by atoms with Crippen LogP contribution in [0.25, 0.3) is 21.9 Å². The number of nitrogens with two attached hydrogens (primary N) is 1. The van der Waals surface area contributed by atoms with Gasteiger partial charge in [0.2, 0.25) is 0 Å². The predicted octanol–water partition coefficient (Wildman–Crippen LogP) is 2.11. The Labute approximate surface area is 97.1 Å². The summed E-state index contributed by atoms with van der Waals surface area (Å²) in [6.07, 6.45) is 0. The van der Waals surface area contributed by atoms with Gasteiger partial charge in [-0.15, -0.1) is 0 Å². The van der Waals surface area contributed by atoms with Crippen LogP contribution in [0.2, 0.25) is 0 Å². The van der Waals surface area contributed by atoms with Crippen molar-refractivity contribution in [2.24, 2.45) is 0 Å². The lowest BCUT2D eigenvalue weighted by molar-refractivity contribution is 1.06. The quantitative estimate of drug-likeness (QED) is 0.593. The van der Waals surface area contributed by atoms with Crippen LogP contribution in [-0.2, 0) is 0 Å². The van der Waals surface area contributed by atoms with E-state index in [2.05, 4.69) is 10.2 Å². The molecule has 3 aromatic rings. The standard InChI is InChI=1S/C13H11N3O/c14-12-11(13(17)16-15-12)10-7-3-5-8-4-1-2-6-9(8)10/h1-7H,(H4,14,15,16,17). The van der Waals surface area contributed by atoms with Crippen molar-refractivity contribution >= 4 is 16.6 Å². The summed E-state index contributed by atoms with van der Waals surface area (Å²) in [5.74, 6) is 0.367. The molecule has 0 saturated heterocycles. The Balaban J connectivity index is 2.43. The summed E-state index contributed by atoms with van der Waals surface area (Å²) >= 11 is 0. The van der Waals surface area contributed by atoms with E-state index in [1.165, 1.54) is 0 Å². The lowest BCUT2D eigenvalue weighted by Gasteiger charge is -2.04. The van der Waals surface area contributed by atoms with E-state index in [1.807, 2.05) is 42.5 Å². The monoisotopic (exact) mass is 225 g/mol. The number of rotatable bonds is 1. The number of hydrogen-bond acceptors (Lipinski definition) is 2. The summed E-state index contributed by atoms with van der Waals surface area (Å²) in [6.45, 7) is 0. The van der Waals surface area contributed by atoms with Crippen molar-refractivity contribution in [2.75, 3.05) is 5.73 Å². The van der Waals surface area contributed by atoms with Gasteiger partial charge in [-0.25, -0.2) is 0 Å². The second-order valence-corrected chi connectivity index (χ2v) is 3.89. The number of H-pyrrole nitrogens is 2. The van der Waals surface area contributed by atoms with Crippen LogP contribution in [0.15, 0.2) is 47.3 Å². The zero-order valence-corrected chi connectivity index (χ0v) is 9.03. The van der Waals surface area contributed by atoms with E-state index in [-0.39, 0.29) is 5.56 Å². The van der Waals surface area contributed by atoms with Gasteiger partial charge < -0.3 is 5.73 Å². The van der Waals surface area contributed by atoms with E-state index in [0.29, 0.717) is 11.4 Å². The maximum atomic E-state index is 11.7. The first-order chi connectivity index (χ1) is 8.27. The van der Waals surface area contributed by atoms with Crippen molar-refractivity contribution in [1.29, 1.82) is 0 Å². The van der Waals surface area contributed by atoms with Crippen LogP contribution in [0.3, 0.4) is 0 Å². The minimum absolute atomic E-state index is 0.196. The first kappa shape index (κ1) is 9.72. The molecule has 0 atom stereocenters. The largest absolute Gasteiger partial charge is 0.383 e. The van der Waals surface area contributed by atoms with E-state index in [1.54, 1.807) is 0 Å². The fourth-order valence-electron chi connectivity index (χ4n) is 2.08. The van der Waals surface area contributed by atoms with Gasteiger partial charge in [0.25, 0.3) is 5.56 Å². The van der Waals surface area contributed by atoms with Crippen molar-refractivity contribution in [3.05, 3.63) is 52.8 Å². The second-order valence-electron chi connectivity index (χ2n) is 3.89. The molecule has 1 aromatic heterocycles. The van der Waals surface area contributed by atoms with Crippen molar-refractivity contribution in [3.63, 3.8) is 0 Å². The lowest BCUT2D eigenvalue weighted by Crippen LogP contribution is -2.02. The minimum Gasteiger partial charge on any atom is -0.383 e. The summed E-state index contributed by atoms with van der Waals surface area (Å²) in [7, 11) is 0. The molecule has 3 rings (SSSR count). The molecule has 0 fully saturated rings. The van der Waals surface area contributed by atoms with Crippen molar-refractivity contribution < 1.29 is 0 Å². The number of nitrogen functional groups attached to an aromatic ring is 1. The maximum Gasteiger partial charge on any atom is 0.274 e. The van der Waals surface area contributed by atoms with Crippen LogP contribution < -0.4 is 11.3 Å². The first-order valence-electron chi connectivity index (χ1n) is 5.31. The molecule has 0 aliphatic rings. The molecule has 84 valence electrons. The number of nitrogens with one attached hydrogen (secondary N) is 2. The van der Waals surface area contributed by atoms with E-state index in [0.717, 1.165) is 16.3 Å². The molecule has 0 unspecified atom stereocenters. The van der Waals surface area contributed by atoms with E-state index in [9.17, 15) is 4.79 Å². The van der Waals surface area contributed by atoms with Crippen LogP contribution >= 0.6 is 0 Å². The highest BCUT2D eigenvalue weighted by atomic mass is 16.1. The number of anilines is 1. The number of hydrogen-bond donors (Lipinski definition) is 3. The third-order valence-electron chi connectivity index (χ3n) is 2.87. The Morgan fingerprint density at radius 3 is 2.47 bits per heavy atom. The van der Waals surface area contributed by atoms with Gasteiger partial charge in [0.1, 0.15) is 5.82 Å². The van der Waals surface area contributed by atoms with Crippen LogP contribution in [0, 0.1) is 0 Å². The number of fused-ring (bicyclic) bond motifs is 1. The third kappa shape index (κ3) is 1.42. The Morgan fingerprint density at radius 2 is 1.71 bits per heavy atom. The van der Waals surface area contributed by atoms with Crippen LogP contribution in [0.1, 0.15) is 0 Å².